The summed E-state index contributed by atoms with van der Waals surface area (Å²) < 4.78 is 6.11. The SMILES string of the molecule is CC(C)=CCO[C@H]1C[C@H]2CC[C@@]1(C)C2(C)C. The molecule has 1 heteroatoms. The summed E-state index contributed by atoms with van der Waals surface area (Å²) in [5.41, 5.74) is 2.24. The second kappa shape index (κ2) is 3.87. The summed E-state index contributed by atoms with van der Waals surface area (Å²) in [6.45, 7) is 12.4. The summed E-state index contributed by atoms with van der Waals surface area (Å²) in [7, 11) is 0. The maximum absolute atomic E-state index is 6.11. The van der Waals surface area contributed by atoms with Gasteiger partial charge in [-0.05, 0) is 49.9 Å². The van der Waals surface area contributed by atoms with E-state index in [1.54, 1.807) is 0 Å². The van der Waals surface area contributed by atoms with Gasteiger partial charge in [-0.1, -0.05) is 32.4 Å². The lowest BCUT2D eigenvalue weighted by Gasteiger charge is -2.38. The summed E-state index contributed by atoms with van der Waals surface area (Å²) in [5, 5.41) is 0. The molecule has 0 spiro atoms. The smallest absolute Gasteiger partial charge is 0.0653 e. The molecule has 0 unspecified atom stereocenters. The minimum Gasteiger partial charge on any atom is -0.374 e. The van der Waals surface area contributed by atoms with Crippen molar-refractivity contribution in [2.75, 3.05) is 6.61 Å². The Labute approximate surface area is 100 Å². The molecule has 0 radical (unpaired) electrons. The van der Waals surface area contributed by atoms with E-state index in [-0.39, 0.29) is 0 Å². The number of allylic oxidation sites excluding steroid dienone is 1. The molecule has 0 aromatic rings. The molecular formula is C15H26O. The van der Waals surface area contributed by atoms with E-state index in [1.165, 1.54) is 24.8 Å². The van der Waals surface area contributed by atoms with Crippen molar-refractivity contribution in [2.24, 2.45) is 16.7 Å². The van der Waals surface area contributed by atoms with Crippen LogP contribution in [0.1, 0.15) is 53.9 Å². The third-order valence-electron chi connectivity index (χ3n) is 5.50. The predicted molar refractivity (Wildman–Crippen MR) is 68.4 cm³/mol. The van der Waals surface area contributed by atoms with Crippen molar-refractivity contribution in [2.45, 2.75) is 60.0 Å². The highest BCUT2D eigenvalue weighted by molar-refractivity contribution is 5.11. The van der Waals surface area contributed by atoms with Crippen molar-refractivity contribution in [3.8, 4) is 0 Å². The van der Waals surface area contributed by atoms with E-state index >= 15 is 0 Å². The molecule has 16 heavy (non-hydrogen) atoms. The number of hydrogen-bond acceptors (Lipinski definition) is 1. The maximum atomic E-state index is 6.11. The van der Waals surface area contributed by atoms with Gasteiger partial charge < -0.3 is 4.74 Å². The van der Waals surface area contributed by atoms with Gasteiger partial charge in [-0.15, -0.1) is 0 Å². The van der Waals surface area contributed by atoms with Crippen LogP contribution in [-0.2, 0) is 4.74 Å². The van der Waals surface area contributed by atoms with Crippen LogP contribution >= 0.6 is 0 Å². The average Bonchev–Trinajstić information content (AvgIpc) is 2.49. The number of hydrogen-bond donors (Lipinski definition) is 0. The molecule has 1 nitrogen and oxygen atoms in total. The second-order valence-electron chi connectivity index (χ2n) is 6.71. The molecule has 0 heterocycles. The van der Waals surface area contributed by atoms with Crippen LogP contribution in [0.4, 0.5) is 0 Å². The first-order valence-electron chi connectivity index (χ1n) is 6.63. The molecule has 0 aromatic carbocycles. The molecule has 2 saturated carbocycles. The van der Waals surface area contributed by atoms with Crippen LogP contribution in [0.15, 0.2) is 11.6 Å². The summed E-state index contributed by atoms with van der Waals surface area (Å²) in [6.07, 6.45) is 6.72. The molecule has 2 fully saturated rings. The van der Waals surface area contributed by atoms with Gasteiger partial charge in [0.25, 0.3) is 0 Å². The standard InChI is InChI=1S/C15H26O/c1-11(2)7-9-16-13-10-12-6-8-15(13,5)14(12,3)4/h7,12-13H,6,8-10H2,1-5H3/t12-,13+,15-/m1/s1. The van der Waals surface area contributed by atoms with Crippen LogP contribution in [0.2, 0.25) is 0 Å². The first-order valence-corrected chi connectivity index (χ1v) is 6.63. The van der Waals surface area contributed by atoms with Gasteiger partial charge >= 0.3 is 0 Å². The Morgan fingerprint density at radius 1 is 1.31 bits per heavy atom. The first-order chi connectivity index (χ1) is 7.38. The second-order valence-corrected chi connectivity index (χ2v) is 6.71. The Hall–Kier alpha value is -0.300. The van der Waals surface area contributed by atoms with Gasteiger partial charge in [0.15, 0.2) is 0 Å². The Bertz CT molecular complexity index is 299. The zero-order valence-electron chi connectivity index (χ0n) is 11.5. The molecule has 2 bridgehead atoms. The summed E-state index contributed by atoms with van der Waals surface area (Å²) in [4.78, 5) is 0. The van der Waals surface area contributed by atoms with E-state index in [1.807, 2.05) is 0 Å². The van der Waals surface area contributed by atoms with Crippen LogP contribution in [0.25, 0.3) is 0 Å². The van der Waals surface area contributed by atoms with Gasteiger partial charge in [0.2, 0.25) is 0 Å². The van der Waals surface area contributed by atoms with Crippen molar-refractivity contribution >= 4 is 0 Å². The Morgan fingerprint density at radius 3 is 2.44 bits per heavy atom. The molecule has 0 aromatic heterocycles. The largest absolute Gasteiger partial charge is 0.374 e. The van der Waals surface area contributed by atoms with E-state index in [4.69, 9.17) is 4.74 Å². The first kappa shape index (κ1) is 12.2. The number of rotatable bonds is 3. The van der Waals surface area contributed by atoms with Crippen molar-refractivity contribution in [3.05, 3.63) is 11.6 Å². The lowest BCUT2D eigenvalue weighted by atomic mass is 9.70. The minimum atomic E-state index is 0.410. The lowest BCUT2D eigenvalue weighted by molar-refractivity contribution is -0.0353. The molecule has 0 N–H and O–H groups in total. The monoisotopic (exact) mass is 222 g/mol. The summed E-state index contributed by atoms with van der Waals surface area (Å²) >= 11 is 0. The Balaban J connectivity index is 2.02. The van der Waals surface area contributed by atoms with E-state index in [0.717, 1.165) is 12.5 Å². The van der Waals surface area contributed by atoms with Gasteiger partial charge in [0, 0.05) is 0 Å². The van der Waals surface area contributed by atoms with Crippen molar-refractivity contribution in [1.82, 2.24) is 0 Å². The fraction of sp³-hybridized carbons (Fsp3) is 0.867. The lowest BCUT2D eigenvalue weighted by Crippen LogP contribution is -2.37. The molecule has 2 rings (SSSR count). The van der Waals surface area contributed by atoms with Gasteiger partial charge in [-0.3, -0.25) is 0 Å². The van der Waals surface area contributed by atoms with Crippen molar-refractivity contribution < 1.29 is 4.74 Å². The molecular weight excluding hydrogens is 196 g/mol. The van der Waals surface area contributed by atoms with E-state index < -0.39 is 0 Å². The van der Waals surface area contributed by atoms with Gasteiger partial charge in [0.05, 0.1) is 12.7 Å². The molecule has 3 atom stereocenters. The topological polar surface area (TPSA) is 9.23 Å². The molecule has 0 amide bonds. The highest BCUT2D eigenvalue weighted by atomic mass is 16.5. The van der Waals surface area contributed by atoms with E-state index in [0.29, 0.717) is 16.9 Å². The van der Waals surface area contributed by atoms with Crippen molar-refractivity contribution in [1.29, 1.82) is 0 Å². The van der Waals surface area contributed by atoms with Crippen molar-refractivity contribution in [3.63, 3.8) is 0 Å². The third-order valence-corrected chi connectivity index (χ3v) is 5.50. The number of ether oxygens (including phenoxy) is 1. The minimum absolute atomic E-state index is 0.410. The van der Waals surface area contributed by atoms with Gasteiger partial charge in [0.1, 0.15) is 0 Å². The zero-order chi connectivity index (χ0) is 12.0. The van der Waals surface area contributed by atoms with Gasteiger partial charge in [-0.2, -0.15) is 0 Å². The van der Waals surface area contributed by atoms with Crippen LogP contribution in [0, 0.1) is 16.7 Å². The molecule has 0 aliphatic heterocycles. The zero-order valence-corrected chi connectivity index (χ0v) is 11.5. The Kier molecular flexibility index (Phi) is 2.94. The molecule has 2 aliphatic rings. The quantitative estimate of drug-likeness (QED) is 0.651. The van der Waals surface area contributed by atoms with Gasteiger partial charge in [-0.25, -0.2) is 0 Å². The summed E-state index contributed by atoms with van der Waals surface area (Å²) in [5.74, 6) is 0.884. The van der Waals surface area contributed by atoms with Crippen LogP contribution in [0.3, 0.4) is 0 Å². The third kappa shape index (κ3) is 1.64. The summed E-state index contributed by atoms with van der Waals surface area (Å²) in [6, 6.07) is 0. The normalized spacial score (nSPS) is 40.1. The molecule has 92 valence electrons. The molecule has 0 saturated heterocycles. The molecule has 2 aliphatic carbocycles. The highest BCUT2D eigenvalue weighted by Gasteiger charge is 2.61. The highest BCUT2D eigenvalue weighted by Crippen LogP contribution is 2.66. The predicted octanol–water partition coefficient (Wildman–Crippen LogP) is 4.18. The maximum Gasteiger partial charge on any atom is 0.0653 e. The van der Waals surface area contributed by atoms with E-state index in [2.05, 4.69) is 40.7 Å². The number of fused-ring (bicyclic) bond motifs is 2. The van der Waals surface area contributed by atoms with E-state index in [9.17, 15) is 0 Å². The Morgan fingerprint density at radius 2 is 2.00 bits per heavy atom. The fourth-order valence-corrected chi connectivity index (χ4v) is 3.71. The fourth-order valence-electron chi connectivity index (χ4n) is 3.71. The van der Waals surface area contributed by atoms with Crippen LogP contribution in [-0.4, -0.2) is 12.7 Å². The van der Waals surface area contributed by atoms with Crippen LogP contribution < -0.4 is 0 Å². The average molecular weight is 222 g/mol. The van der Waals surface area contributed by atoms with Crippen LogP contribution in [0.5, 0.6) is 0 Å².